The highest BCUT2D eigenvalue weighted by Gasteiger charge is 2.23. The minimum absolute atomic E-state index is 0. The molecular formula is C15H23ClN6. The zero-order valence-corrected chi connectivity index (χ0v) is 13.5. The van der Waals surface area contributed by atoms with Gasteiger partial charge in [0.05, 0.1) is 12.2 Å². The number of benzene rings is 1. The molecule has 1 atom stereocenters. The maximum atomic E-state index is 5.74. The van der Waals surface area contributed by atoms with Crippen LogP contribution in [0.5, 0.6) is 0 Å². The Labute approximate surface area is 137 Å². The summed E-state index contributed by atoms with van der Waals surface area (Å²) in [6, 6.07) is 10.6. The lowest BCUT2D eigenvalue weighted by Gasteiger charge is -2.35. The Hall–Kier alpha value is -1.50. The summed E-state index contributed by atoms with van der Waals surface area (Å²) < 4.78 is 1.83. The van der Waals surface area contributed by atoms with Crippen molar-refractivity contribution in [1.29, 1.82) is 0 Å². The van der Waals surface area contributed by atoms with Gasteiger partial charge in [0.15, 0.2) is 5.82 Å². The summed E-state index contributed by atoms with van der Waals surface area (Å²) in [6.45, 7) is 2.63. The van der Waals surface area contributed by atoms with Crippen molar-refractivity contribution < 1.29 is 0 Å². The van der Waals surface area contributed by atoms with Gasteiger partial charge in [-0.2, -0.15) is 4.68 Å². The summed E-state index contributed by atoms with van der Waals surface area (Å²) in [5.41, 5.74) is 6.75. The summed E-state index contributed by atoms with van der Waals surface area (Å²) in [6.07, 6.45) is 4.82. The molecule has 1 aromatic heterocycles. The summed E-state index contributed by atoms with van der Waals surface area (Å²) in [5.74, 6) is 0.894. The van der Waals surface area contributed by atoms with E-state index >= 15 is 0 Å². The second kappa shape index (κ2) is 8.22. The molecular weight excluding hydrogens is 300 g/mol. The van der Waals surface area contributed by atoms with E-state index in [1.807, 2.05) is 35.0 Å². The van der Waals surface area contributed by atoms with E-state index in [9.17, 15) is 0 Å². The third-order valence-corrected chi connectivity index (χ3v) is 4.13. The number of aromatic nitrogens is 4. The van der Waals surface area contributed by atoms with Crippen molar-refractivity contribution in [2.45, 2.75) is 38.3 Å². The van der Waals surface area contributed by atoms with E-state index in [1.165, 1.54) is 19.3 Å². The quantitative estimate of drug-likeness (QED) is 0.908. The second-order valence-corrected chi connectivity index (χ2v) is 5.54. The molecule has 0 radical (unpaired) electrons. The van der Waals surface area contributed by atoms with Crippen LogP contribution in [0, 0.1) is 0 Å². The zero-order valence-electron chi connectivity index (χ0n) is 12.6. The van der Waals surface area contributed by atoms with Crippen molar-refractivity contribution in [3.05, 3.63) is 36.2 Å². The summed E-state index contributed by atoms with van der Waals surface area (Å²) in [7, 11) is 0. The molecule has 6 nitrogen and oxygen atoms in total. The monoisotopic (exact) mass is 322 g/mol. The number of rotatable bonds is 5. The summed E-state index contributed by atoms with van der Waals surface area (Å²) >= 11 is 0. The standard InChI is InChI=1S/C15H22N6.ClH/c16-10-9-13-6-4-5-11-20(13)12-15-17-18-19-21(15)14-7-2-1-3-8-14;/h1-3,7-8,13H,4-6,9-12,16H2;1H. The van der Waals surface area contributed by atoms with Crippen LogP contribution >= 0.6 is 12.4 Å². The predicted octanol–water partition coefficient (Wildman–Crippen LogP) is 1.79. The van der Waals surface area contributed by atoms with Crippen LogP contribution < -0.4 is 5.73 Å². The van der Waals surface area contributed by atoms with Crippen LogP contribution in [0.15, 0.2) is 30.3 Å². The molecule has 1 aliphatic heterocycles. The highest BCUT2D eigenvalue weighted by atomic mass is 35.5. The Kier molecular flexibility index (Phi) is 6.30. The van der Waals surface area contributed by atoms with Crippen LogP contribution in [0.4, 0.5) is 0 Å². The molecule has 1 unspecified atom stereocenters. The molecule has 2 N–H and O–H groups in total. The van der Waals surface area contributed by atoms with Crippen molar-refractivity contribution in [2.75, 3.05) is 13.1 Å². The van der Waals surface area contributed by atoms with Gasteiger partial charge in [-0.25, -0.2) is 0 Å². The van der Waals surface area contributed by atoms with Gasteiger partial charge in [0, 0.05) is 6.04 Å². The van der Waals surface area contributed by atoms with Crippen molar-refractivity contribution >= 4 is 12.4 Å². The molecule has 1 aromatic carbocycles. The number of likely N-dealkylation sites (tertiary alicyclic amines) is 1. The first kappa shape index (κ1) is 16.9. The number of piperidine rings is 1. The van der Waals surface area contributed by atoms with Crippen LogP contribution in [0.2, 0.25) is 0 Å². The fraction of sp³-hybridized carbons (Fsp3) is 0.533. The van der Waals surface area contributed by atoms with Crippen molar-refractivity contribution in [3.8, 4) is 5.69 Å². The minimum atomic E-state index is 0. The molecule has 7 heteroatoms. The number of hydrogen-bond donors (Lipinski definition) is 1. The first-order chi connectivity index (χ1) is 10.4. The lowest BCUT2D eigenvalue weighted by atomic mass is 9.99. The van der Waals surface area contributed by atoms with E-state index in [0.717, 1.165) is 37.6 Å². The largest absolute Gasteiger partial charge is 0.330 e. The molecule has 1 aliphatic rings. The highest BCUT2D eigenvalue weighted by molar-refractivity contribution is 5.85. The lowest BCUT2D eigenvalue weighted by molar-refractivity contribution is 0.129. The van der Waals surface area contributed by atoms with E-state index in [1.54, 1.807) is 0 Å². The normalized spacial score (nSPS) is 18.9. The van der Waals surface area contributed by atoms with Crippen LogP contribution in [-0.2, 0) is 6.54 Å². The van der Waals surface area contributed by atoms with Crippen molar-refractivity contribution in [3.63, 3.8) is 0 Å². The maximum absolute atomic E-state index is 5.74. The molecule has 3 rings (SSSR count). The van der Waals surface area contributed by atoms with Gasteiger partial charge in [0.1, 0.15) is 0 Å². The summed E-state index contributed by atoms with van der Waals surface area (Å²) in [5, 5.41) is 12.2. The molecule has 120 valence electrons. The zero-order chi connectivity index (χ0) is 14.5. The topological polar surface area (TPSA) is 72.9 Å². The maximum Gasteiger partial charge on any atom is 0.170 e. The molecule has 0 spiro atoms. The van der Waals surface area contributed by atoms with E-state index in [4.69, 9.17) is 5.73 Å². The predicted molar refractivity (Wildman–Crippen MR) is 88.1 cm³/mol. The number of halogens is 1. The SMILES string of the molecule is Cl.NCCC1CCCCN1Cc1nnnn1-c1ccccc1. The fourth-order valence-electron chi connectivity index (χ4n) is 3.04. The average molecular weight is 323 g/mol. The van der Waals surface area contributed by atoms with Crippen molar-refractivity contribution in [2.24, 2.45) is 5.73 Å². The van der Waals surface area contributed by atoms with Crippen LogP contribution in [0.3, 0.4) is 0 Å². The Morgan fingerprint density at radius 3 is 2.77 bits per heavy atom. The van der Waals surface area contributed by atoms with E-state index in [2.05, 4.69) is 20.4 Å². The number of para-hydroxylation sites is 1. The van der Waals surface area contributed by atoms with Crippen LogP contribution in [0.25, 0.3) is 5.69 Å². The Bertz CT molecular complexity index is 556. The van der Waals surface area contributed by atoms with Gasteiger partial charge in [0.2, 0.25) is 0 Å². The average Bonchev–Trinajstić information content (AvgIpc) is 2.99. The first-order valence-electron chi connectivity index (χ1n) is 7.65. The van der Waals surface area contributed by atoms with Gasteiger partial charge in [-0.1, -0.05) is 24.6 Å². The smallest absolute Gasteiger partial charge is 0.170 e. The van der Waals surface area contributed by atoms with Gasteiger partial charge in [-0.3, -0.25) is 4.90 Å². The fourth-order valence-corrected chi connectivity index (χ4v) is 3.04. The molecule has 0 aliphatic carbocycles. The number of nitrogens with zero attached hydrogens (tertiary/aromatic N) is 5. The van der Waals surface area contributed by atoms with Gasteiger partial charge in [-0.05, 0) is 54.9 Å². The third-order valence-electron chi connectivity index (χ3n) is 4.13. The van der Waals surface area contributed by atoms with Gasteiger partial charge in [-0.15, -0.1) is 17.5 Å². The molecule has 2 heterocycles. The Morgan fingerprint density at radius 2 is 2.00 bits per heavy atom. The van der Waals surface area contributed by atoms with Crippen LogP contribution in [0.1, 0.15) is 31.5 Å². The van der Waals surface area contributed by atoms with Crippen LogP contribution in [-0.4, -0.2) is 44.2 Å². The molecule has 1 fully saturated rings. The summed E-state index contributed by atoms with van der Waals surface area (Å²) in [4.78, 5) is 2.47. The Balaban J connectivity index is 0.00000176. The van der Waals surface area contributed by atoms with E-state index in [0.29, 0.717) is 6.04 Å². The molecule has 0 saturated carbocycles. The Morgan fingerprint density at radius 1 is 1.18 bits per heavy atom. The minimum Gasteiger partial charge on any atom is -0.330 e. The van der Waals surface area contributed by atoms with E-state index < -0.39 is 0 Å². The third kappa shape index (κ3) is 3.82. The molecule has 22 heavy (non-hydrogen) atoms. The lowest BCUT2D eigenvalue weighted by Crippen LogP contribution is -2.40. The molecule has 2 aromatic rings. The second-order valence-electron chi connectivity index (χ2n) is 5.54. The molecule has 0 amide bonds. The van der Waals surface area contributed by atoms with E-state index in [-0.39, 0.29) is 12.4 Å². The molecule has 0 bridgehead atoms. The number of hydrogen-bond acceptors (Lipinski definition) is 5. The highest BCUT2D eigenvalue weighted by Crippen LogP contribution is 2.21. The number of nitrogens with two attached hydrogens (primary N) is 1. The van der Waals surface area contributed by atoms with Gasteiger partial charge in [0.25, 0.3) is 0 Å². The van der Waals surface area contributed by atoms with Crippen molar-refractivity contribution in [1.82, 2.24) is 25.1 Å². The van der Waals surface area contributed by atoms with Gasteiger partial charge < -0.3 is 5.73 Å². The first-order valence-corrected chi connectivity index (χ1v) is 7.65. The number of tetrazole rings is 1. The van der Waals surface area contributed by atoms with Gasteiger partial charge >= 0.3 is 0 Å². The molecule has 1 saturated heterocycles.